The Hall–Kier alpha value is -2.25. The van der Waals surface area contributed by atoms with Gasteiger partial charge in [0.15, 0.2) is 0 Å². The molecule has 23 heavy (non-hydrogen) atoms. The molecule has 1 aliphatic heterocycles. The molecule has 3 rings (SSSR count). The van der Waals surface area contributed by atoms with Crippen molar-refractivity contribution in [1.29, 1.82) is 0 Å². The summed E-state index contributed by atoms with van der Waals surface area (Å²) in [4.78, 5) is 17.6. The number of carboxylic acids is 1. The molecule has 0 unspecified atom stereocenters. The van der Waals surface area contributed by atoms with Crippen LogP contribution in [-0.2, 0) is 17.9 Å². The normalized spacial score (nSPS) is 16.5. The molecule has 0 saturated carbocycles. The maximum atomic E-state index is 11.1. The van der Waals surface area contributed by atoms with Crippen LogP contribution in [0.4, 0.5) is 0 Å². The van der Waals surface area contributed by atoms with Crippen LogP contribution in [0, 0.1) is 0 Å². The number of pyridine rings is 1. The number of piperidine rings is 1. The third kappa shape index (κ3) is 4.14. The van der Waals surface area contributed by atoms with E-state index < -0.39 is 5.97 Å². The van der Waals surface area contributed by atoms with Gasteiger partial charge in [0.1, 0.15) is 5.69 Å². The zero-order valence-electron chi connectivity index (χ0n) is 12.8. The summed E-state index contributed by atoms with van der Waals surface area (Å²) in [7, 11) is 0. The molecule has 7 heteroatoms. The summed E-state index contributed by atoms with van der Waals surface area (Å²) >= 11 is 0. The van der Waals surface area contributed by atoms with Gasteiger partial charge in [0.2, 0.25) is 0 Å². The average Bonchev–Trinajstić information content (AvgIpc) is 3.04. The van der Waals surface area contributed by atoms with Crippen molar-refractivity contribution >= 4 is 5.97 Å². The highest BCUT2D eigenvalue weighted by molar-refractivity contribution is 5.86. The number of nitrogens with zero attached hydrogens (tertiary/aromatic N) is 3. The lowest BCUT2D eigenvalue weighted by molar-refractivity contribution is -0.00529. The minimum atomic E-state index is -0.967. The fraction of sp³-hybridized carbons (Fsp3) is 0.438. The fourth-order valence-electron chi connectivity index (χ4n) is 2.78. The number of likely N-dealkylation sites (tertiary alicyclic amines) is 1. The van der Waals surface area contributed by atoms with E-state index in [0.717, 1.165) is 37.2 Å². The molecule has 2 aromatic heterocycles. The molecule has 0 spiro atoms. The van der Waals surface area contributed by atoms with Crippen LogP contribution < -0.4 is 0 Å². The van der Waals surface area contributed by atoms with Crippen LogP contribution >= 0.6 is 0 Å². The Labute approximate surface area is 134 Å². The molecule has 2 aromatic rings. The predicted molar refractivity (Wildman–Crippen MR) is 82.9 cm³/mol. The number of aromatic nitrogens is 3. The number of ether oxygens (including phenoxy) is 1. The van der Waals surface area contributed by atoms with Crippen LogP contribution in [-0.4, -0.2) is 50.4 Å². The Morgan fingerprint density at radius 2 is 2.22 bits per heavy atom. The number of carboxylic acid groups (broad SMARTS) is 1. The molecule has 0 amide bonds. The van der Waals surface area contributed by atoms with Crippen LogP contribution in [0.5, 0.6) is 0 Å². The molecule has 0 aliphatic carbocycles. The van der Waals surface area contributed by atoms with Gasteiger partial charge in [-0.15, -0.1) is 0 Å². The first-order valence-corrected chi connectivity index (χ1v) is 7.72. The quantitative estimate of drug-likeness (QED) is 0.842. The maximum absolute atomic E-state index is 11.1. The average molecular weight is 316 g/mol. The lowest BCUT2D eigenvalue weighted by Crippen LogP contribution is -2.36. The first kappa shape index (κ1) is 15.6. The second kappa shape index (κ2) is 7.34. The first-order chi connectivity index (χ1) is 11.2. The molecule has 122 valence electrons. The van der Waals surface area contributed by atoms with Gasteiger partial charge in [0, 0.05) is 31.4 Å². The first-order valence-electron chi connectivity index (χ1n) is 7.72. The van der Waals surface area contributed by atoms with Crippen molar-refractivity contribution in [1.82, 2.24) is 20.1 Å². The number of carbonyl (C=O) groups is 1. The van der Waals surface area contributed by atoms with Gasteiger partial charge < -0.3 is 9.84 Å². The van der Waals surface area contributed by atoms with Crippen LogP contribution in [0.25, 0.3) is 0 Å². The number of nitrogens with one attached hydrogen (secondary N) is 1. The SMILES string of the molecule is O=C(O)c1[nH]ncc1CN1CCC(OCc2ccccn2)CC1. The van der Waals surface area contributed by atoms with E-state index in [0.29, 0.717) is 13.2 Å². The van der Waals surface area contributed by atoms with Gasteiger partial charge in [-0.3, -0.25) is 15.0 Å². The molecule has 0 atom stereocenters. The Kier molecular flexibility index (Phi) is 4.99. The van der Waals surface area contributed by atoms with Crippen molar-refractivity contribution in [2.75, 3.05) is 13.1 Å². The van der Waals surface area contributed by atoms with E-state index in [1.165, 1.54) is 0 Å². The number of aromatic carboxylic acids is 1. The van der Waals surface area contributed by atoms with Gasteiger partial charge in [0.05, 0.1) is 24.6 Å². The van der Waals surface area contributed by atoms with Gasteiger partial charge in [-0.1, -0.05) is 6.07 Å². The van der Waals surface area contributed by atoms with E-state index in [1.807, 2.05) is 18.2 Å². The lowest BCUT2D eigenvalue weighted by Gasteiger charge is -2.31. The molecular formula is C16H20N4O3. The Bertz CT molecular complexity index is 636. The molecular weight excluding hydrogens is 296 g/mol. The standard InChI is InChI=1S/C16H20N4O3/c21-16(22)15-12(9-18-19-15)10-20-7-4-14(5-8-20)23-11-13-3-1-2-6-17-13/h1-3,6,9,14H,4-5,7-8,10-11H2,(H,18,19)(H,21,22). The van der Waals surface area contributed by atoms with Gasteiger partial charge >= 0.3 is 5.97 Å². The van der Waals surface area contributed by atoms with Crippen molar-refractivity contribution in [3.8, 4) is 0 Å². The zero-order chi connectivity index (χ0) is 16.1. The molecule has 7 nitrogen and oxygen atoms in total. The summed E-state index contributed by atoms with van der Waals surface area (Å²) in [5.74, 6) is -0.967. The zero-order valence-corrected chi connectivity index (χ0v) is 12.8. The summed E-state index contributed by atoms with van der Waals surface area (Å²) in [5, 5.41) is 15.4. The van der Waals surface area contributed by atoms with E-state index in [-0.39, 0.29) is 11.8 Å². The molecule has 1 aliphatic rings. The van der Waals surface area contributed by atoms with Gasteiger partial charge in [-0.05, 0) is 25.0 Å². The summed E-state index contributed by atoms with van der Waals surface area (Å²) < 4.78 is 5.91. The number of H-pyrrole nitrogens is 1. The van der Waals surface area contributed by atoms with E-state index in [9.17, 15) is 4.79 Å². The summed E-state index contributed by atoms with van der Waals surface area (Å²) in [6.07, 6.45) is 5.47. The van der Waals surface area contributed by atoms with Crippen molar-refractivity contribution in [3.05, 3.63) is 47.5 Å². The second-order valence-electron chi connectivity index (χ2n) is 5.68. The minimum Gasteiger partial charge on any atom is -0.477 e. The highest BCUT2D eigenvalue weighted by Crippen LogP contribution is 2.18. The van der Waals surface area contributed by atoms with Crippen molar-refractivity contribution in [3.63, 3.8) is 0 Å². The Balaban J connectivity index is 1.45. The van der Waals surface area contributed by atoms with Gasteiger partial charge in [-0.2, -0.15) is 5.10 Å². The highest BCUT2D eigenvalue weighted by Gasteiger charge is 2.22. The number of hydrogen-bond acceptors (Lipinski definition) is 5. The second-order valence-corrected chi connectivity index (χ2v) is 5.68. The minimum absolute atomic E-state index is 0.179. The molecule has 0 radical (unpaired) electrons. The van der Waals surface area contributed by atoms with E-state index in [2.05, 4.69) is 20.1 Å². The van der Waals surface area contributed by atoms with Crippen LogP contribution in [0.15, 0.2) is 30.6 Å². The number of rotatable bonds is 6. The van der Waals surface area contributed by atoms with Gasteiger partial charge in [-0.25, -0.2) is 4.79 Å². The van der Waals surface area contributed by atoms with Crippen LogP contribution in [0.1, 0.15) is 34.6 Å². The topological polar surface area (TPSA) is 91.3 Å². The highest BCUT2D eigenvalue weighted by atomic mass is 16.5. The fourth-order valence-corrected chi connectivity index (χ4v) is 2.78. The summed E-state index contributed by atoms with van der Waals surface area (Å²) in [5.41, 5.74) is 1.85. The van der Waals surface area contributed by atoms with Crippen LogP contribution in [0.3, 0.4) is 0 Å². The predicted octanol–water partition coefficient (Wildman–Crippen LogP) is 1.68. The van der Waals surface area contributed by atoms with E-state index in [1.54, 1.807) is 12.4 Å². The lowest BCUT2D eigenvalue weighted by atomic mass is 10.1. The molecule has 1 fully saturated rings. The third-order valence-corrected chi connectivity index (χ3v) is 4.05. The van der Waals surface area contributed by atoms with Crippen molar-refractivity contribution in [2.45, 2.75) is 32.1 Å². The Morgan fingerprint density at radius 3 is 2.91 bits per heavy atom. The maximum Gasteiger partial charge on any atom is 0.354 e. The monoisotopic (exact) mass is 316 g/mol. The number of aromatic amines is 1. The largest absolute Gasteiger partial charge is 0.477 e. The molecule has 0 bridgehead atoms. The van der Waals surface area contributed by atoms with Crippen molar-refractivity contribution in [2.24, 2.45) is 0 Å². The van der Waals surface area contributed by atoms with E-state index in [4.69, 9.17) is 9.84 Å². The van der Waals surface area contributed by atoms with E-state index >= 15 is 0 Å². The molecule has 1 saturated heterocycles. The molecule has 0 aromatic carbocycles. The smallest absolute Gasteiger partial charge is 0.354 e. The summed E-state index contributed by atoms with van der Waals surface area (Å²) in [6, 6.07) is 5.81. The van der Waals surface area contributed by atoms with Gasteiger partial charge in [0.25, 0.3) is 0 Å². The molecule has 3 heterocycles. The van der Waals surface area contributed by atoms with Crippen LogP contribution in [0.2, 0.25) is 0 Å². The third-order valence-electron chi connectivity index (χ3n) is 4.05. The van der Waals surface area contributed by atoms with Crippen molar-refractivity contribution < 1.29 is 14.6 Å². The molecule has 2 N–H and O–H groups in total. The number of hydrogen-bond donors (Lipinski definition) is 2. The Morgan fingerprint density at radius 1 is 1.39 bits per heavy atom. The summed E-state index contributed by atoms with van der Waals surface area (Å²) in [6.45, 7) is 2.91.